The number of benzene rings is 2. The first-order valence-corrected chi connectivity index (χ1v) is 8.84. The maximum atomic E-state index is 13.8. The first-order valence-electron chi connectivity index (χ1n) is 8.84. The molecule has 27 heavy (non-hydrogen) atoms. The summed E-state index contributed by atoms with van der Waals surface area (Å²) >= 11 is 0. The number of oxazole rings is 1. The molecule has 0 aliphatic rings. The number of nitrogens with zero attached hydrogens (tertiary/aromatic N) is 1. The molecule has 0 bridgehead atoms. The minimum absolute atomic E-state index is 0.119. The highest BCUT2D eigenvalue weighted by atomic mass is 19.1. The highest BCUT2D eigenvalue weighted by molar-refractivity contribution is 5.76. The molecule has 0 spiro atoms. The van der Waals surface area contributed by atoms with Gasteiger partial charge in [-0.2, -0.15) is 0 Å². The Morgan fingerprint density at radius 3 is 2.78 bits per heavy atom. The molecule has 0 fully saturated rings. The fraction of sp³-hybridized carbons (Fsp3) is 0.238. The largest absolute Gasteiger partial charge is 0.494 e. The number of hydrogen-bond acceptors (Lipinski definition) is 4. The maximum Gasteiger partial charge on any atom is 0.220 e. The minimum atomic E-state index is -0.370. The molecule has 1 aromatic heterocycles. The molecule has 1 N–H and O–H groups in total. The molecular formula is C21H21FN2O3. The van der Waals surface area contributed by atoms with E-state index in [2.05, 4.69) is 10.3 Å². The average molecular weight is 368 g/mol. The van der Waals surface area contributed by atoms with Crippen LogP contribution in [0.4, 0.5) is 4.39 Å². The second kappa shape index (κ2) is 8.98. The number of ether oxygens (including phenoxy) is 1. The summed E-state index contributed by atoms with van der Waals surface area (Å²) in [6.07, 6.45) is 2.05. The lowest BCUT2D eigenvalue weighted by Crippen LogP contribution is -2.23. The van der Waals surface area contributed by atoms with Crippen molar-refractivity contribution in [2.45, 2.75) is 26.3 Å². The van der Waals surface area contributed by atoms with Gasteiger partial charge in [0.25, 0.3) is 0 Å². The normalized spacial score (nSPS) is 10.6. The number of hydrogen-bond donors (Lipinski definition) is 1. The Hall–Kier alpha value is -3.15. The van der Waals surface area contributed by atoms with Gasteiger partial charge >= 0.3 is 0 Å². The molecule has 0 saturated heterocycles. The van der Waals surface area contributed by atoms with E-state index < -0.39 is 0 Å². The van der Waals surface area contributed by atoms with Crippen LogP contribution in [-0.4, -0.2) is 17.5 Å². The van der Waals surface area contributed by atoms with Gasteiger partial charge in [0, 0.05) is 24.9 Å². The quantitative estimate of drug-likeness (QED) is 0.649. The molecule has 0 atom stereocenters. The number of carbonyl (C=O) groups excluding carboxylic acids is 1. The van der Waals surface area contributed by atoms with Crippen molar-refractivity contribution < 1.29 is 18.3 Å². The van der Waals surface area contributed by atoms with E-state index in [4.69, 9.17) is 9.15 Å². The van der Waals surface area contributed by atoms with Crippen LogP contribution in [0.3, 0.4) is 0 Å². The number of rotatable bonds is 8. The van der Waals surface area contributed by atoms with Gasteiger partial charge in [-0.3, -0.25) is 4.79 Å². The molecule has 3 aromatic rings. The summed E-state index contributed by atoms with van der Waals surface area (Å²) in [6, 6.07) is 13.9. The Bertz CT molecular complexity index is 908. The lowest BCUT2D eigenvalue weighted by molar-refractivity contribution is -0.121. The van der Waals surface area contributed by atoms with Gasteiger partial charge in [0.2, 0.25) is 5.91 Å². The van der Waals surface area contributed by atoms with Crippen molar-refractivity contribution in [2.75, 3.05) is 6.61 Å². The van der Waals surface area contributed by atoms with Crippen LogP contribution in [0.15, 0.2) is 59.1 Å². The monoisotopic (exact) mass is 368 g/mol. The molecule has 140 valence electrons. The number of aromatic nitrogens is 1. The third-order valence-electron chi connectivity index (χ3n) is 4.01. The van der Waals surface area contributed by atoms with Gasteiger partial charge in [-0.25, -0.2) is 9.37 Å². The molecule has 5 nitrogen and oxygen atoms in total. The van der Waals surface area contributed by atoms with E-state index >= 15 is 0 Å². The summed E-state index contributed by atoms with van der Waals surface area (Å²) in [5.74, 6) is 1.03. The molecule has 2 aromatic carbocycles. The molecular weight excluding hydrogens is 347 g/mol. The highest BCUT2D eigenvalue weighted by Crippen LogP contribution is 2.23. The zero-order chi connectivity index (χ0) is 19.1. The Morgan fingerprint density at radius 1 is 1.19 bits per heavy atom. The van der Waals surface area contributed by atoms with E-state index in [9.17, 15) is 9.18 Å². The molecule has 0 aliphatic heterocycles. The van der Waals surface area contributed by atoms with Crippen LogP contribution in [0.2, 0.25) is 0 Å². The second-order valence-electron chi connectivity index (χ2n) is 5.92. The van der Waals surface area contributed by atoms with Crippen LogP contribution < -0.4 is 10.1 Å². The van der Waals surface area contributed by atoms with Gasteiger partial charge in [-0.15, -0.1) is 0 Å². The Labute approximate surface area is 157 Å². The van der Waals surface area contributed by atoms with Gasteiger partial charge in [0.15, 0.2) is 11.7 Å². The van der Waals surface area contributed by atoms with Crippen LogP contribution in [0.5, 0.6) is 5.75 Å². The van der Waals surface area contributed by atoms with Crippen LogP contribution >= 0.6 is 0 Å². The lowest BCUT2D eigenvalue weighted by atomic mass is 10.2. The van der Waals surface area contributed by atoms with Gasteiger partial charge in [0.05, 0.1) is 18.4 Å². The van der Waals surface area contributed by atoms with Crippen LogP contribution in [0.25, 0.3) is 11.3 Å². The van der Waals surface area contributed by atoms with E-state index in [0.717, 1.165) is 11.3 Å². The predicted octanol–water partition coefficient (Wildman–Crippen LogP) is 4.13. The van der Waals surface area contributed by atoms with Gasteiger partial charge < -0.3 is 14.5 Å². The number of halogens is 1. The highest BCUT2D eigenvalue weighted by Gasteiger charge is 2.12. The summed E-state index contributed by atoms with van der Waals surface area (Å²) in [7, 11) is 0. The minimum Gasteiger partial charge on any atom is -0.494 e. The molecule has 1 amide bonds. The van der Waals surface area contributed by atoms with E-state index in [-0.39, 0.29) is 18.1 Å². The van der Waals surface area contributed by atoms with Crippen molar-refractivity contribution in [1.82, 2.24) is 10.3 Å². The topological polar surface area (TPSA) is 64.4 Å². The first kappa shape index (κ1) is 18.6. The smallest absolute Gasteiger partial charge is 0.220 e. The van der Waals surface area contributed by atoms with E-state index in [1.807, 2.05) is 31.2 Å². The molecule has 0 radical (unpaired) electrons. The van der Waals surface area contributed by atoms with Crippen LogP contribution in [-0.2, 0) is 17.8 Å². The molecule has 3 rings (SSSR count). The average Bonchev–Trinajstić information content (AvgIpc) is 3.15. The Morgan fingerprint density at radius 2 is 1.96 bits per heavy atom. The van der Waals surface area contributed by atoms with E-state index in [1.165, 1.54) is 12.3 Å². The van der Waals surface area contributed by atoms with Crippen molar-refractivity contribution in [3.63, 3.8) is 0 Å². The summed E-state index contributed by atoms with van der Waals surface area (Å²) in [5.41, 5.74) is 1.28. The number of carbonyl (C=O) groups is 1. The van der Waals surface area contributed by atoms with Crippen molar-refractivity contribution in [3.8, 4) is 17.1 Å². The van der Waals surface area contributed by atoms with Crippen molar-refractivity contribution in [3.05, 3.63) is 72.0 Å². The summed E-state index contributed by atoms with van der Waals surface area (Å²) in [5, 5.41) is 2.87. The summed E-state index contributed by atoms with van der Waals surface area (Å²) in [4.78, 5) is 16.2. The van der Waals surface area contributed by atoms with Crippen LogP contribution in [0, 0.1) is 5.82 Å². The first-order chi connectivity index (χ1) is 13.2. The zero-order valence-corrected chi connectivity index (χ0v) is 15.1. The molecule has 0 aliphatic carbocycles. The third kappa shape index (κ3) is 4.94. The van der Waals surface area contributed by atoms with Gasteiger partial charge in [0.1, 0.15) is 11.6 Å². The zero-order valence-electron chi connectivity index (χ0n) is 15.1. The fourth-order valence-corrected chi connectivity index (χ4v) is 2.66. The second-order valence-corrected chi connectivity index (χ2v) is 5.92. The summed E-state index contributed by atoms with van der Waals surface area (Å²) < 4.78 is 24.9. The molecule has 0 unspecified atom stereocenters. The molecule has 6 heteroatoms. The van der Waals surface area contributed by atoms with Gasteiger partial charge in [-0.1, -0.05) is 30.3 Å². The fourth-order valence-electron chi connectivity index (χ4n) is 2.66. The number of nitrogens with one attached hydrogen (secondary N) is 1. The van der Waals surface area contributed by atoms with Crippen molar-refractivity contribution >= 4 is 5.91 Å². The van der Waals surface area contributed by atoms with E-state index in [0.29, 0.717) is 36.8 Å². The van der Waals surface area contributed by atoms with E-state index in [1.54, 1.807) is 18.2 Å². The number of amides is 1. The van der Waals surface area contributed by atoms with Crippen molar-refractivity contribution in [2.24, 2.45) is 0 Å². The standard InChI is InChI=1S/C21H21FN2O3/c1-2-26-18-10-6-3-7-15(18)13-23-20(25)11-12-21-24-14-19(27-21)16-8-4-5-9-17(16)22/h3-10,14H,2,11-13H2,1H3,(H,23,25). The lowest BCUT2D eigenvalue weighted by Gasteiger charge is -2.10. The SMILES string of the molecule is CCOc1ccccc1CNC(=O)CCc1ncc(-c2ccccc2F)o1. The number of para-hydroxylation sites is 1. The van der Waals surface area contributed by atoms with Crippen molar-refractivity contribution in [1.29, 1.82) is 0 Å². The maximum absolute atomic E-state index is 13.8. The van der Waals surface area contributed by atoms with Gasteiger partial charge in [-0.05, 0) is 25.1 Å². The number of aryl methyl sites for hydroxylation is 1. The molecule has 0 saturated carbocycles. The summed E-state index contributed by atoms with van der Waals surface area (Å²) in [6.45, 7) is 2.88. The van der Waals surface area contributed by atoms with Crippen LogP contribution in [0.1, 0.15) is 24.8 Å². The Balaban J connectivity index is 1.52. The third-order valence-corrected chi connectivity index (χ3v) is 4.01. The molecule has 1 heterocycles. The predicted molar refractivity (Wildman–Crippen MR) is 99.7 cm³/mol. The Kier molecular flexibility index (Phi) is 6.20.